The summed E-state index contributed by atoms with van der Waals surface area (Å²) in [6.45, 7) is 3.73. The van der Waals surface area contributed by atoms with Gasteiger partial charge in [0.05, 0.1) is 11.1 Å². The second-order valence-corrected chi connectivity index (χ2v) is 8.21. The molecule has 0 saturated heterocycles. The lowest BCUT2D eigenvalue weighted by atomic mass is 10.0. The standard InChI is InChI=1S/C23H20N2O4S/c1-12-4-7-16-15(8-20(26)29-21(16)13(12)2)11-28-23(27)17-9-19(14-5-6-14)25-22(30-3)18(17)10-24/h4,7-9,14H,5-6,11H2,1-3H3. The normalized spacial score (nSPS) is 13.3. The first kappa shape index (κ1) is 20.2. The quantitative estimate of drug-likeness (QED) is 0.337. The highest BCUT2D eigenvalue weighted by molar-refractivity contribution is 7.98. The van der Waals surface area contributed by atoms with E-state index in [-0.39, 0.29) is 17.7 Å². The van der Waals surface area contributed by atoms with Crippen molar-refractivity contribution < 1.29 is 13.9 Å². The van der Waals surface area contributed by atoms with Crippen LogP contribution in [0, 0.1) is 25.2 Å². The monoisotopic (exact) mass is 420 g/mol. The predicted molar refractivity (Wildman–Crippen MR) is 114 cm³/mol. The number of rotatable bonds is 5. The van der Waals surface area contributed by atoms with Crippen molar-refractivity contribution in [1.82, 2.24) is 4.98 Å². The van der Waals surface area contributed by atoms with Crippen molar-refractivity contribution in [2.45, 2.75) is 44.2 Å². The molecule has 0 atom stereocenters. The summed E-state index contributed by atoms with van der Waals surface area (Å²) in [4.78, 5) is 29.5. The number of hydrogen-bond acceptors (Lipinski definition) is 7. The fourth-order valence-electron chi connectivity index (χ4n) is 3.41. The highest BCUT2D eigenvalue weighted by Gasteiger charge is 2.29. The van der Waals surface area contributed by atoms with E-state index in [1.807, 2.05) is 32.2 Å². The number of pyridine rings is 1. The Morgan fingerprint density at radius 1 is 1.33 bits per heavy atom. The SMILES string of the molecule is CSc1nc(C2CC2)cc(C(=O)OCc2cc(=O)oc3c(C)c(C)ccc23)c1C#N. The maximum absolute atomic E-state index is 12.9. The Morgan fingerprint density at radius 3 is 2.77 bits per heavy atom. The van der Waals surface area contributed by atoms with Crippen molar-refractivity contribution in [2.75, 3.05) is 6.26 Å². The number of nitriles is 1. The van der Waals surface area contributed by atoms with Crippen LogP contribution in [0.1, 0.15) is 57.1 Å². The van der Waals surface area contributed by atoms with Crippen molar-refractivity contribution in [2.24, 2.45) is 0 Å². The summed E-state index contributed by atoms with van der Waals surface area (Å²) >= 11 is 1.34. The molecule has 1 saturated carbocycles. The number of hydrogen-bond donors (Lipinski definition) is 0. The molecule has 0 unspecified atom stereocenters. The molecule has 0 radical (unpaired) electrons. The minimum Gasteiger partial charge on any atom is -0.457 e. The van der Waals surface area contributed by atoms with Gasteiger partial charge in [0.25, 0.3) is 0 Å². The van der Waals surface area contributed by atoms with Gasteiger partial charge >= 0.3 is 11.6 Å². The number of carbonyl (C=O) groups is 1. The van der Waals surface area contributed by atoms with E-state index in [1.54, 1.807) is 6.07 Å². The average Bonchev–Trinajstić information content (AvgIpc) is 3.59. The number of benzene rings is 1. The number of esters is 1. The summed E-state index contributed by atoms with van der Waals surface area (Å²) in [5.41, 5.74) is 3.71. The summed E-state index contributed by atoms with van der Waals surface area (Å²) in [5.74, 6) is -0.263. The molecule has 0 N–H and O–H groups in total. The first-order chi connectivity index (χ1) is 14.4. The van der Waals surface area contributed by atoms with Crippen LogP contribution in [0.2, 0.25) is 0 Å². The minimum atomic E-state index is -0.601. The van der Waals surface area contributed by atoms with Gasteiger partial charge in [-0.3, -0.25) is 0 Å². The Morgan fingerprint density at radius 2 is 2.10 bits per heavy atom. The number of fused-ring (bicyclic) bond motifs is 1. The molecule has 1 aliphatic rings. The van der Waals surface area contributed by atoms with Gasteiger partial charge in [0.15, 0.2) is 0 Å². The molecule has 7 heteroatoms. The number of aryl methyl sites for hydroxylation is 2. The van der Waals surface area contributed by atoms with Gasteiger partial charge in [-0.25, -0.2) is 14.6 Å². The van der Waals surface area contributed by atoms with Crippen LogP contribution < -0.4 is 5.63 Å². The summed E-state index contributed by atoms with van der Waals surface area (Å²) in [6, 6.07) is 8.88. The van der Waals surface area contributed by atoms with E-state index in [0.717, 1.165) is 35.0 Å². The molecule has 2 aromatic heterocycles. The van der Waals surface area contributed by atoms with Gasteiger partial charge in [-0.15, -0.1) is 11.8 Å². The average molecular weight is 420 g/mol. The zero-order chi connectivity index (χ0) is 21.4. The van der Waals surface area contributed by atoms with Crippen LogP contribution in [-0.2, 0) is 11.3 Å². The third kappa shape index (κ3) is 3.71. The van der Waals surface area contributed by atoms with Gasteiger partial charge in [-0.2, -0.15) is 5.26 Å². The van der Waals surface area contributed by atoms with E-state index in [0.29, 0.717) is 22.1 Å². The smallest absolute Gasteiger partial charge is 0.339 e. The fourth-order valence-corrected chi connectivity index (χ4v) is 3.97. The van der Waals surface area contributed by atoms with E-state index in [1.165, 1.54) is 17.8 Å². The molecule has 1 fully saturated rings. The van der Waals surface area contributed by atoms with Crippen LogP contribution in [0.5, 0.6) is 0 Å². The molecule has 152 valence electrons. The summed E-state index contributed by atoms with van der Waals surface area (Å²) < 4.78 is 10.9. The Labute approximate surface area is 177 Å². The number of nitrogens with zero attached hydrogens (tertiary/aromatic N) is 2. The lowest BCUT2D eigenvalue weighted by Crippen LogP contribution is -2.12. The highest BCUT2D eigenvalue weighted by Crippen LogP contribution is 2.40. The van der Waals surface area contributed by atoms with E-state index < -0.39 is 11.6 Å². The predicted octanol–water partition coefficient (Wildman–Crippen LogP) is 4.63. The molecule has 1 aromatic carbocycles. The Kier molecular flexibility index (Phi) is 5.35. The number of aromatic nitrogens is 1. The topological polar surface area (TPSA) is 93.2 Å². The third-order valence-electron chi connectivity index (χ3n) is 5.40. The molecule has 3 aromatic rings. The van der Waals surface area contributed by atoms with Crippen LogP contribution in [0.3, 0.4) is 0 Å². The molecule has 1 aliphatic carbocycles. The van der Waals surface area contributed by atoms with Crippen LogP contribution in [-0.4, -0.2) is 17.2 Å². The summed E-state index contributed by atoms with van der Waals surface area (Å²) in [5, 5.41) is 10.8. The largest absolute Gasteiger partial charge is 0.457 e. The van der Waals surface area contributed by atoms with Crippen LogP contribution in [0.4, 0.5) is 0 Å². The zero-order valence-electron chi connectivity index (χ0n) is 16.9. The Balaban J connectivity index is 1.68. The zero-order valence-corrected chi connectivity index (χ0v) is 17.8. The third-order valence-corrected chi connectivity index (χ3v) is 6.09. The van der Waals surface area contributed by atoms with Gasteiger partial charge < -0.3 is 9.15 Å². The van der Waals surface area contributed by atoms with Gasteiger partial charge in [0.2, 0.25) is 0 Å². The molecule has 0 aliphatic heterocycles. The minimum absolute atomic E-state index is 0.0933. The van der Waals surface area contributed by atoms with Crippen LogP contribution in [0.15, 0.2) is 38.5 Å². The van der Waals surface area contributed by atoms with E-state index in [4.69, 9.17) is 9.15 Å². The molecular formula is C23H20N2O4S. The second-order valence-electron chi connectivity index (χ2n) is 7.42. The van der Waals surface area contributed by atoms with Gasteiger partial charge in [-0.1, -0.05) is 12.1 Å². The van der Waals surface area contributed by atoms with E-state index in [2.05, 4.69) is 11.1 Å². The summed E-state index contributed by atoms with van der Waals surface area (Å²) in [6.07, 6.45) is 3.90. The van der Waals surface area contributed by atoms with E-state index >= 15 is 0 Å². The second kappa shape index (κ2) is 7.96. The molecule has 30 heavy (non-hydrogen) atoms. The number of carbonyl (C=O) groups excluding carboxylic acids is 1. The lowest BCUT2D eigenvalue weighted by molar-refractivity contribution is 0.0472. The summed E-state index contributed by atoms with van der Waals surface area (Å²) in [7, 11) is 0. The Bertz CT molecular complexity index is 1270. The van der Waals surface area contributed by atoms with Gasteiger partial charge in [0.1, 0.15) is 23.3 Å². The Hall–Kier alpha value is -3.11. The van der Waals surface area contributed by atoms with Crippen molar-refractivity contribution in [3.63, 3.8) is 0 Å². The first-order valence-corrected chi connectivity index (χ1v) is 10.8. The number of ether oxygens (including phenoxy) is 1. The molecule has 6 nitrogen and oxygen atoms in total. The van der Waals surface area contributed by atoms with Crippen molar-refractivity contribution >= 4 is 28.7 Å². The van der Waals surface area contributed by atoms with Crippen molar-refractivity contribution in [3.05, 3.63) is 68.2 Å². The number of thioether (sulfide) groups is 1. The maximum Gasteiger partial charge on any atom is 0.339 e. The molecule has 2 heterocycles. The van der Waals surface area contributed by atoms with E-state index in [9.17, 15) is 14.9 Å². The highest BCUT2D eigenvalue weighted by atomic mass is 32.2. The molecule has 0 bridgehead atoms. The maximum atomic E-state index is 12.9. The van der Waals surface area contributed by atoms with Crippen molar-refractivity contribution in [3.8, 4) is 6.07 Å². The molecule has 0 spiro atoms. The van der Waals surface area contributed by atoms with Crippen LogP contribution >= 0.6 is 11.8 Å². The fraction of sp³-hybridized carbons (Fsp3) is 0.304. The first-order valence-electron chi connectivity index (χ1n) is 9.62. The van der Waals surface area contributed by atoms with Crippen LogP contribution in [0.25, 0.3) is 11.0 Å². The molecule has 4 rings (SSSR count). The van der Waals surface area contributed by atoms with Gasteiger partial charge in [-0.05, 0) is 50.1 Å². The van der Waals surface area contributed by atoms with Gasteiger partial charge in [0, 0.05) is 28.6 Å². The molecular weight excluding hydrogens is 400 g/mol. The molecule has 0 amide bonds. The lowest BCUT2D eigenvalue weighted by Gasteiger charge is -2.12. The van der Waals surface area contributed by atoms with Crippen molar-refractivity contribution in [1.29, 1.82) is 5.26 Å².